The third-order valence-electron chi connectivity index (χ3n) is 8.62. The van der Waals surface area contributed by atoms with E-state index in [1.165, 1.54) is 31.0 Å². The highest BCUT2D eigenvalue weighted by Gasteiger charge is 2.40. The van der Waals surface area contributed by atoms with Crippen molar-refractivity contribution in [2.75, 3.05) is 19.4 Å². The number of rotatable bonds is 8. The fourth-order valence-corrected chi connectivity index (χ4v) is 6.91. The first kappa shape index (κ1) is 28.7. The van der Waals surface area contributed by atoms with Gasteiger partial charge in [-0.15, -0.1) is 0 Å². The van der Waals surface area contributed by atoms with Gasteiger partial charge in [-0.25, -0.2) is 17.2 Å². The topological polar surface area (TPSA) is 76.1 Å². The lowest BCUT2D eigenvalue weighted by molar-refractivity contribution is 0.141. The Morgan fingerprint density at radius 3 is 2.38 bits per heavy atom. The Balaban J connectivity index is 1.41. The summed E-state index contributed by atoms with van der Waals surface area (Å²) in [6.45, 7) is 6.01. The Labute approximate surface area is 245 Å². The second kappa shape index (κ2) is 11.0. The van der Waals surface area contributed by atoms with Gasteiger partial charge in [0.15, 0.2) is 21.4 Å². The SMILES string of the molecule is CC1CCCN1C(C)COc1ccc(C2Oc3cc(F)c(O)cc3C(C3CC3)=C2c2cc(S(C)(=O)=O)ccc2F)cc1. The summed E-state index contributed by atoms with van der Waals surface area (Å²) in [7, 11) is -3.63. The molecule has 3 aliphatic rings. The average Bonchev–Trinajstić information content (AvgIpc) is 3.70. The minimum absolute atomic E-state index is 0.0155. The maximum absolute atomic E-state index is 15.6. The largest absolute Gasteiger partial charge is 0.505 e. The number of likely N-dealkylation sites (tertiary alicyclic amines) is 1. The molecule has 1 saturated heterocycles. The average molecular weight is 596 g/mol. The van der Waals surface area contributed by atoms with E-state index < -0.39 is 33.3 Å². The van der Waals surface area contributed by atoms with Crippen molar-refractivity contribution in [3.05, 3.63) is 82.9 Å². The molecule has 1 saturated carbocycles. The van der Waals surface area contributed by atoms with Crippen molar-refractivity contribution in [1.82, 2.24) is 4.90 Å². The summed E-state index contributed by atoms with van der Waals surface area (Å²) in [4.78, 5) is 2.44. The summed E-state index contributed by atoms with van der Waals surface area (Å²) in [5, 5.41) is 10.2. The number of aromatic hydroxyl groups is 1. The lowest BCUT2D eigenvalue weighted by Gasteiger charge is -2.33. The lowest BCUT2D eigenvalue weighted by atomic mass is 9.83. The summed E-state index contributed by atoms with van der Waals surface area (Å²) in [6, 6.07) is 14.4. The van der Waals surface area contributed by atoms with E-state index >= 15 is 4.39 Å². The molecular formula is C33H35F2NO5S. The quantitative estimate of drug-likeness (QED) is 0.290. The molecule has 6 rings (SSSR count). The van der Waals surface area contributed by atoms with Crippen LogP contribution >= 0.6 is 0 Å². The highest BCUT2D eigenvalue weighted by atomic mass is 32.2. The number of allylic oxidation sites excluding steroid dienone is 1. The smallest absolute Gasteiger partial charge is 0.175 e. The van der Waals surface area contributed by atoms with Crippen LogP contribution in [0.1, 0.15) is 62.3 Å². The maximum atomic E-state index is 15.6. The number of benzene rings is 3. The Morgan fingerprint density at radius 1 is 1.00 bits per heavy atom. The van der Waals surface area contributed by atoms with Crippen LogP contribution in [0, 0.1) is 17.6 Å². The molecule has 3 atom stereocenters. The molecule has 2 fully saturated rings. The first-order valence-corrected chi connectivity index (χ1v) is 16.3. The molecule has 3 aromatic carbocycles. The third kappa shape index (κ3) is 5.52. The zero-order valence-electron chi connectivity index (χ0n) is 23.9. The van der Waals surface area contributed by atoms with Crippen LogP contribution in [0.15, 0.2) is 59.5 Å². The first-order chi connectivity index (χ1) is 20.0. The van der Waals surface area contributed by atoms with Crippen LogP contribution in [0.2, 0.25) is 0 Å². The van der Waals surface area contributed by atoms with E-state index in [4.69, 9.17) is 9.47 Å². The van der Waals surface area contributed by atoms with Gasteiger partial charge in [0.25, 0.3) is 0 Å². The summed E-state index contributed by atoms with van der Waals surface area (Å²) in [5.74, 6) is -0.978. The Morgan fingerprint density at radius 2 is 1.74 bits per heavy atom. The number of hydrogen-bond donors (Lipinski definition) is 1. The number of sulfone groups is 1. The summed E-state index contributed by atoms with van der Waals surface area (Å²) >= 11 is 0. The van der Waals surface area contributed by atoms with Crippen molar-refractivity contribution in [3.8, 4) is 17.2 Å². The van der Waals surface area contributed by atoms with Crippen LogP contribution in [-0.4, -0.2) is 49.9 Å². The minimum Gasteiger partial charge on any atom is -0.505 e. The molecule has 3 unspecified atom stereocenters. The molecule has 42 heavy (non-hydrogen) atoms. The van der Waals surface area contributed by atoms with Crippen LogP contribution in [0.3, 0.4) is 0 Å². The number of hydrogen-bond acceptors (Lipinski definition) is 6. The van der Waals surface area contributed by atoms with Crippen LogP contribution < -0.4 is 9.47 Å². The molecule has 0 bridgehead atoms. The van der Waals surface area contributed by atoms with Gasteiger partial charge in [-0.1, -0.05) is 12.1 Å². The number of ether oxygens (including phenoxy) is 2. The molecule has 0 radical (unpaired) electrons. The van der Waals surface area contributed by atoms with Crippen LogP contribution in [0.5, 0.6) is 17.2 Å². The molecule has 2 aliphatic heterocycles. The van der Waals surface area contributed by atoms with Gasteiger partial charge in [-0.05, 0) is 99.5 Å². The van der Waals surface area contributed by atoms with E-state index in [-0.39, 0.29) is 28.2 Å². The minimum atomic E-state index is -3.63. The van der Waals surface area contributed by atoms with Crippen LogP contribution in [-0.2, 0) is 9.84 Å². The zero-order valence-corrected chi connectivity index (χ0v) is 24.8. The van der Waals surface area contributed by atoms with Crippen molar-refractivity contribution < 1.29 is 31.8 Å². The van der Waals surface area contributed by atoms with E-state index in [1.54, 1.807) is 0 Å². The van der Waals surface area contributed by atoms with Crippen molar-refractivity contribution in [2.24, 2.45) is 5.92 Å². The van der Waals surface area contributed by atoms with Crippen molar-refractivity contribution in [2.45, 2.75) is 62.6 Å². The molecule has 0 spiro atoms. The molecule has 0 amide bonds. The summed E-state index contributed by atoms with van der Waals surface area (Å²) in [5.41, 5.74) is 2.48. The fourth-order valence-electron chi connectivity index (χ4n) is 6.26. The van der Waals surface area contributed by atoms with E-state index in [0.29, 0.717) is 35.1 Å². The lowest BCUT2D eigenvalue weighted by Crippen LogP contribution is -2.39. The Hall–Kier alpha value is -3.43. The van der Waals surface area contributed by atoms with Crippen LogP contribution in [0.25, 0.3) is 11.1 Å². The van der Waals surface area contributed by atoms with Crippen molar-refractivity contribution in [3.63, 3.8) is 0 Å². The second-order valence-corrected chi connectivity index (χ2v) is 13.8. The predicted octanol–water partition coefficient (Wildman–Crippen LogP) is 6.78. The molecule has 0 aromatic heterocycles. The van der Waals surface area contributed by atoms with E-state index in [9.17, 15) is 17.9 Å². The van der Waals surface area contributed by atoms with E-state index in [2.05, 4.69) is 18.7 Å². The van der Waals surface area contributed by atoms with Gasteiger partial charge in [-0.2, -0.15) is 0 Å². The normalized spacial score (nSPS) is 21.6. The number of fused-ring (bicyclic) bond motifs is 1. The second-order valence-electron chi connectivity index (χ2n) is 11.8. The van der Waals surface area contributed by atoms with Gasteiger partial charge in [0, 0.05) is 41.1 Å². The first-order valence-electron chi connectivity index (χ1n) is 14.4. The molecule has 9 heteroatoms. The third-order valence-corrected chi connectivity index (χ3v) is 9.73. The monoisotopic (exact) mass is 595 g/mol. The van der Waals surface area contributed by atoms with Gasteiger partial charge in [0.1, 0.15) is 30.0 Å². The predicted molar refractivity (Wildman–Crippen MR) is 157 cm³/mol. The number of phenolic OH excluding ortho intramolecular Hbond substituents is 1. The van der Waals surface area contributed by atoms with Gasteiger partial charge in [0.2, 0.25) is 0 Å². The fraction of sp³-hybridized carbons (Fsp3) is 0.394. The summed E-state index contributed by atoms with van der Waals surface area (Å²) < 4.78 is 67.4. The highest BCUT2D eigenvalue weighted by molar-refractivity contribution is 7.90. The molecule has 1 N–H and O–H groups in total. The van der Waals surface area contributed by atoms with Crippen LogP contribution in [0.4, 0.5) is 8.78 Å². The highest BCUT2D eigenvalue weighted by Crippen LogP contribution is 2.56. The van der Waals surface area contributed by atoms with Gasteiger partial charge < -0.3 is 14.6 Å². The van der Waals surface area contributed by atoms with Gasteiger partial charge in [0.05, 0.1) is 4.90 Å². The maximum Gasteiger partial charge on any atom is 0.175 e. The van der Waals surface area contributed by atoms with Gasteiger partial charge in [-0.3, -0.25) is 4.90 Å². The van der Waals surface area contributed by atoms with E-state index in [1.807, 2.05) is 24.3 Å². The number of nitrogens with zero attached hydrogens (tertiary/aromatic N) is 1. The standard InChI is InChI=1S/C33H35F2NO5S/c1-19-5-4-14-36(19)20(2)18-40-23-10-8-22(9-11-23)33-32(25-15-24(42(3,38)39)12-13-27(25)34)31(21-6-7-21)26-16-29(37)28(35)17-30(26)41-33/h8-13,15-17,19-21,33,37H,4-7,14,18H2,1-3H3. The molecule has 222 valence electrons. The Bertz CT molecular complexity index is 1650. The van der Waals surface area contributed by atoms with E-state index in [0.717, 1.165) is 43.3 Å². The number of halogens is 2. The molecule has 3 aromatic rings. The molecular weight excluding hydrogens is 560 g/mol. The zero-order chi connectivity index (χ0) is 29.8. The van der Waals surface area contributed by atoms with Gasteiger partial charge >= 0.3 is 0 Å². The molecule has 2 heterocycles. The van der Waals surface area contributed by atoms with Crippen molar-refractivity contribution >= 4 is 21.0 Å². The summed E-state index contributed by atoms with van der Waals surface area (Å²) in [6.07, 6.45) is 4.28. The molecule has 6 nitrogen and oxygen atoms in total. The van der Waals surface area contributed by atoms with Crippen molar-refractivity contribution in [1.29, 1.82) is 0 Å². The number of phenols is 1. The molecule has 1 aliphatic carbocycles. The Kier molecular flexibility index (Phi) is 7.51.